The SMILES string of the molecule is CCOC(=O)C1CCCN(C(=O)CN(C)C(=O)C2=NN(c3ccccc3)C(C(C)=O)C2)C1. The summed E-state index contributed by atoms with van der Waals surface area (Å²) in [4.78, 5) is 52.9. The lowest BCUT2D eigenvalue weighted by atomic mass is 9.98. The molecule has 9 nitrogen and oxygen atoms in total. The number of carbonyl (C=O) groups excluding carboxylic acids is 4. The van der Waals surface area contributed by atoms with Gasteiger partial charge in [-0.25, -0.2) is 0 Å². The number of benzene rings is 1. The summed E-state index contributed by atoms with van der Waals surface area (Å²) >= 11 is 0. The fraction of sp³-hybridized carbons (Fsp3) is 0.522. The monoisotopic (exact) mass is 442 g/mol. The molecule has 3 rings (SSSR count). The Bertz CT molecular complexity index is 901. The zero-order valence-electron chi connectivity index (χ0n) is 18.8. The molecule has 0 N–H and O–H groups in total. The molecule has 172 valence electrons. The summed E-state index contributed by atoms with van der Waals surface area (Å²) in [5, 5.41) is 5.98. The molecule has 2 amide bonds. The van der Waals surface area contributed by atoms with E-state index in [4.69, 9.17) is 4.74 Å². The lowest BCUT2D eigenvalue weighted by Gasteiger charge is -2.32. The lowest BCUT2D eigenvalue weighted by molar-refractivity contribution is -0.151. The first-order valence-corrected chi connectivity index (χ1v) is 10.9. The summed E-state index contributed by atoms with van der Waals surface area (Å²) in [5.41, 5.74) is 0.972. The summed E-state index contributed by atoms with van der Waals surface area (Å²) in [6, 6.07) is 8.66. The number of anilines is 1. The maximum absolute atomic E-state index is 13.0. The molecule has 2 atom stereocenters. The van der Waals surface area contributed by atoms with E-state index in [-0.39, 0.29) is 48.2 Å². The van der Waals surface area contributed by atoms with E-state index in [1.807, 2.05) is 30.3 Å². The second kappa shape index (κ2) is 10.4. The number of likely N-dealkylation sites (N-methyl/N-ethyl adjacent to an activating group) is 1. The maximum atomic E-state index is 13.0. The number of ether oxygens (including phenoxy) is 1. The van der Waals surface area contributed by atoms with Crippen LogP contribution in [0.2, 0.25) is 0 Å². The Labute approximate surface area is 188 Å². The lowest BCUT2D eigenvalue weighted by Crippen LogP contribution is -2.48. The van der Waals surface area contributed by atoms with Crippen LogP contribution in [-0.2, 0) is 23.9 Å². The largest absolute Gasteiger partial charge is 0.466 e. The van der Waals surface area contributed by atoms with Gasteiger partial charge in [0.25, 0.3) is 5.91 Å². The fourth-order valence-corrected chi connectivity index (χ4v) is 4.03. The zero-order valence-corrected chi connectivity index (χ0v) is 18.8. The molecule has 2 aliphatic heterocycles. The van der Waals surface area contributed by atoms with Gasteiger partial charge in [-0.1, -0.05) is 18.2 Å². The quantitative estimate of drug-likeness (QED) is 0.593. The first-order chi connectivity index (χ1) is 15.3. The number of hydrazone groups is 1. The van der Waals surface area contributed by atoms with E-state index < -0.39 is 6.04 Å². The Morgan fingerprint density at radius 2 is 1.91 bits per heavy atom. The first kappa shape index (κ1) is 23.4. The van der Waals surface area contributed by atoms with E-state index in [1.165, 1.54) is 11.8 Å². The highest BCUT2D eigenvalue weighted by Gasteiger charge is 2.36. The Morgan fingerprint density at radius 3 is 2.56 bits per heavy atom. The van der Waals surface area contributed by atoms with Crippen molar-refractivity contribution in [3.8, 4) is 0 Å². The maximum Gasteiger partial charge on any atom is 0.310 e. The van der Waals surface area contributed by atoms with Crippen molar-refractivity contribution in [3.63, 3.8) is 0 Å². The summed E-state index contributed by atoms with van der Waals surface area (Å²) in [6.45, 7) is 4.27. The molecule has 0 saturated carbocycles. The molecule has 32 heavy (non-hydrogen) atoms. The normalized spacial score (nSPS) is 20.5. The Balaban J connectivity index is 1.64. The molecule has 0 spiro atoms. The molecule has 1 aromatic carbocycles. The molecular weight excluding hydrogens is 412 g/mol. The van der Waals surface area contributed by atoms with Gasteiger partial charge in [-0.2, -0.15) is 5.10 Å². The number of likely N-dealkylation sites (tertiary alicyclic amines) is 1. The number of para-hydroxylation sites is 1. The van der Waals surface area contributed by atoms with Gasteiger partial charge in [0, 0.05) is 26.6 Å². The van der Waals surface area contributed by atoms with Crippen LogP contribution in [0.5, 0.6) is 0 Å². The van der Waals surface area contributed by atoms with Crippen LogP contribution < -0.4 is 5.01 Å². The fourth-order valence-electron chi connectivity index (χ4n) is 4.03. The molecule has 0 bridgehead atoms. The zero-order chi connectivity index (χ0) is 23.3. The molecule has 1 aromatic rings. The van der Waals surface area contributed by atoms with Crippen LogP contribution in [0.25, 0.3) is 0 Å². The number of hydrogen-bond donors (Lipinski definition) is 0. The summed E-state index contributed by atoms with van der Waals surface area (Å²) < 4.78 is 5.08. The molecule has 0 radical (unpaired) electrons. The number of esters is 1. The molecule has 9 heteroatoms. The Kier molecular flexibility index (Phi) is 7.61. The van der Waals surface area contributed by atoms with Crippen LogP contribution in [0.4, 0.5) is 5.69 Å². The predicted molar refractivity (Wildman–Crippen MR) is 119 cm³/mol. The van der Waals surface area contributed by atoms with Crippen LogP contribution in [0.1, 0.15) is 33.1 Å². The van der Waals surface area contributed by atoms with Crippen molar-refractivity contribution in [2.75, 3.05) is 38.3 Å². The third-order valence-electron chi connectivity index (χ3n) is 5.76. The first-order valence-electron chi connectivity index (χ1n) is 10.9. The summed E-state index contributed by atoms with van der Waals surface area (Å²) in [7, 11) is 1.55. The van der Waals surface area contributed by atoms with Gasteiger partial charge in [0.2, 0.25) is 5.91 Å². The van der Waals surface area contributed by atoms with Crippen molar-refractivity contribution < 1.29 is 23.9 Å². The average molecular weight is 443 g/mol. The minimum atomic E-state index is -0.548. The van der Waals surface area contributed by atoms with Crippen LogP contribution in [0.3, 0.4) is 0 Å². The number of ketones is 1. The van der Waals surface area contributed by atoms with Crippen molar-refractivity contribution in [2.24, 2.45) is 11.0 Å². The highest BCUT2D eigenvalue weighted by Crippen LogP contribution is 2.25. The molecule has 2 heterocycles. The van der Waals surface area contributed by atoms with E-state index in [0.29, 0.717) is 32.5 Å². The minimum absolute atomic E-state index is 0.0857. The number of piperidine rings is 1. The van der Waals surface area contributed by atoms with E-state index in [0.717, 1.165) is 5.69 Å². The second-order valence-electron chi connectivity index (χ2n) is 8.15. The molecule has 1 fully saturated rings. The second-order valence-corrected chi connectivity index (χ2v) is 8.15. The third kappa shape index (κ3) is 5.33. The van der Waals surface area contributed by atoms with E-state index >= 15 is 0 Å². The van der Waals surface area contributed by atoms with Gasteiger partial charge < -0.3 is 14.5 Å². The number of rotatable bonds is 7. The number of Topliss-reactive ketones (excluding diaryl/α,β-unsaturated/α-hetero) is 1. The Morgan fingerprint density at radius 1 is 1.19 bits per heavy atom. The highest BCUT2D eigenvalue weighted by molar-refractivity contribution is 6.40. The van der Waals surface area contributed by atoms with Gasteiger partial charge in [0.05, 0.1) is 24.8 Å². The van der Waals surface area contributed by atoms with Crippen molar-refractivity contribution in [1.29, 1.82) is 0 Å². The molecular formula is C23H30N4O5. The number of hydrogen-bond acceptors (Lipinski definition) is 7. The predicted octanol–water partition coefficient (Wildman–Crippen LogP) is 1.47. The van der Waals surface area contributed by atoms with Crippen molar-refractivity contribution in [3.05, 3.63) is 30.3 Å². The number of carbonyl (C=O) groups is 4. The van der Waals surface area contributed by atoms with Gasteiger partial charge in [-0.05, 0) is 38.8 Å². The Hall–Kier alpha value is -3.23. The van der Waals surface area contributed by atoms with Gasteiger partial charge in [-0.3, -0.25) is 24.2 Å². The van der Waals surface area contributed by atoms with Crippen LogP contribution in [0, 0.1) is 5.92 Å². The standard InChI is InChI=1S/C23H30N4O5/c1-4-32-23(31)17-9-8-12-26(14-17)21(29)15-25(3)22(30)19-13-20(16(2)28)27(24-19)18-10-6-5-7-11-18/h5-7,10-11,17,20H,4,8-9,12-15H2,1-3H3. The number of nitrogens with zero attached hydrogens (tertiary/aromatic N) is 4. The average Bonchev–Trinajstić information content (AvgIpc) is 3.25. The van der Waals surface area contributed by atoms with Crippen molar-refractivity contribution in [1.82, 2.24) is 9.80 Å². The van der Waals surface area contributed by atoms with E-state index in [1.54, 1.807) is 23.9 Å². The highest BCUT2D eigenvalue weighted by atomic mass is 16.5. The van der Waals surface area contributed by atoms with Gasteiger partial charge in [-0.15, -0.1) is 0 Å². The molecule has 2 aliphatic rings. The smallest absolute Gasteiger partial charge is 0.310 e. The summed E-state index contributed by atoms with van der Waals surface area (Å²) in [6.07, 6.45) is 1.60. The van der Waals surface area contributed by atoms with Crippen LogP contribution >= 0.6 is 0 Å². The molecule has 0 aromatic heterocycles. The van der Waals surface area contributed by atoms with Crippen LogP contribution in [0.15, 0.2) is 35.4 Å². The molecule has 0 aliphatic carbocycles. The third-order valence-corrected chi connectivity index (χ3v) is 5.76. The molecule has 1 saturated heterocycles. The minimum Gasteiger partial charge on any atom is -0.466 e. The van der Waals surface area contributed by atoms with Gasteiger partial charge >= 0.3 is 5.97 Å². The van der Waals surface area contributed by atoms with Gasteiger partial charge in [0.15, 0.2) is 5.78 Å². The van der Waals surface area contributed by atoms with Crippen LogP contribution in [-0.4, -0.2) is 78.4 Å². The van der Waals surface area contributed by atoms with Crippen molar-refractivity contribution in [2.45, 2.75) is 39.2 Å². The summed E-state index contributed by atoms with van der Waals surface area (Å²) in [5.74, 6) is -1.31. The number of amides is 2. The van der Waals surface area contributed by atoms with Gasteiger partial charge in [0.1, 0.15) is 11.8 Å². The van der Waals surface area contributed by atoms with E-state index in [2.05, 4.69) is 5.10 Å². The molecule has 2 unspecified atom stereocenters. The van der Waals surface area contributed by atoms with Crippen molar-refractivity contribution >= 4 is 35.0 Å². The van der Waals surface area contributed by atoms with E-state index in [9.17, 15) is 19.2 Å². The topological polar surface area (TPSA) is 99.6 Å².